The van der Waals surface area contributed by atoms with E-state index in [0.29, 0.717) is 22.0 Å². The van der Waals surface area contributed by atoms with Gasteiger partial charge in [0.2, 0.25) is 11.8 Å². The van der Waals surface area contributed by atoms with Crippen LogP contribution in [0.15, 0.2) is 46.9 Å². The van der Waals surface area contributed by atoms with Gasteiger partial charge in [0.1, 0.15) is 0 Å². The molecule has 3 amide bonds. The van der Waals surface area contributed by atoms with E-state index in [4.69, 9.17) is 11.6 Å². The number of hydrogen-bond acceptors (Lipinski definition) is 3. The number of halogens is 2. The Hall–Kier alpha value is -2.18. The van der Waals surface area contributed by atoms with Gasteiger partial charge in [-0.05, 0) is 30.3 Å². The zero-order valence-corrected chi connectivity index (χ0v) is 14.7. The molecule has 1 aliphatic rings. The summed E-state index contributed by atoms with van der Waals surface area (Å²) in [5, 5.41) is 3.03. The summed E-state index contributed by atoms with van der Waals surface area (Å²) in [6.45, 7) is 0. The first-order valence-electron chi connectivity index (χ1n) is 7.18. The molecule has 24 heavy (non-hydrogen) atoms. The lowest BCUT2D eigenvalue weighted by atomic mass is 10.2. The minimum absolute atomic E-state index is 0.179. The largest absolute Gasteiger partial charge is 0.320 e. The molecule has 2 aromatic carbocycles. The molecule has 1 heterocycles. The molecule has 1 N–H and O–H groups in total. The lowest BCUT2D eigenvalue weighted by Crippen LogP contribution is -2.29. The quantitative estimate of drug-likeness (QED) is 0.782. The third kappa shape index (κ3) is 3.20. The van der Waals surface area contributed by atoms with Gasteiger partial charge in [-0.2, -0.15) is 0 Å². The summed E-state index contributed by atoms with van der Waals surface area (Å²) in [6, 6.07) is 11.6. The number of nitrogens with zero attached hydrogens (tertiary/aromatic N) is 1. The standard InChI is InChI=1S/C17H12BrClN2O3/c18-10-5-6-12(19)11(9-10)17(24)20-13-3-1-2-4-14(13)21-15(22)7-8-16(21)23/h1-6,9H,7-8H2,(H,20,24). The van der Waals surface area contributed by atoms with Crippen LogP contribution in [0.25, 0.3) is 0 Å². The van der Waals surface area contributed by atoms with Gasteiger partial charge in [-0.15, -0.1) is 0 Å². The Labute approximate surface area is 151 Å². The molecule has 3 rings (SSSR count). The second kappa shape index (κ2) is 6.75. The number of amides is 3. The number of carbonyl (C=O) groups excluding carboxylic acids is 3. The van der Waals surface area contributed by atoms with Crippen molar-refractivity contribution < 1.29 is 14.4 Å². The number of para-hydroxylation sites is 2. The van der Waals surface area contributed by atoms with E-state index in [1.54, 1.807) is 42.5 Å². The molecular weight excluding hydrogens is 396 g/mol. The molecule has 0 aromatic heterocycles. The fourth-order valence-corrected chi connectivity index (χ4v) is 3.05. The predicted octanol–water partition coefficient (Wildman–Crippen LogP) is 4.01. The van der Waals surface area contributed by atoms with Gasteiger partial charge < -0.3 is 5.32 Å². The number of nitrogens with one attached hydrogen (secondary N) is 1. The maximum absolute atomic E-state index is 12.5. The molecule has 0 bridgehead atoms. The van der Waals surface area contributed by atoms with Crippen LogP contribution in [0.5, 0.6) is 0 Å². The Balaban J connectivity index is 1.94. The van der Waals surface area contributed by atoms with Gasteiger partial charge in [-0.3, -0.25) is 14.4 Å². The van der Waals surface area contributed by atoms with E-state index in [0.717, 1.165) is 9.37 Å². The number of anilines is 2. The highest BCUT2D eigenvalue weighted by atomic mass is 79.9. The zero-order valence-electron chi connectivity index (χ0n) is 12.4. The predicted molar refractivity (Wildman–Crippen MR) is 95.3 cm³/mol. The SMILES string of the molecule is O=C(Nc1ccccc1N1C(=O)CCC1=O)c1cc(Br)ccc1Cl. The summed E-state index contributed by atoms with van der Waals surface area (Å²) in [4.78, 5) is 37.5. The van der Waals surface area contributed by atoms with Crippen molar-refractivity contribution in [1.29, 1.82) is 0 Å². The smallest absolute Gasteiger partial charge is 0.257 e. The van der Waals surface area contributed by atoms with E-state index in [2.05, 4.69) is 21.2 Å². The minimum atomic E-state index is -0.423. The van der Waals surface area contributed by atoms with Crippen molar-refractivity contribution >= 4 is 56.6 Å². The first-order chi connectivity index (χ1) is 11.5. The van der Waals surface area contributed by atoms with E-state index >= 15 is 0 Å². The molecule has 122 valence electrons. The molecule has 1 fully saturated rings. The maximum atomic E-state index is 12.5. The van der Waals surface area contributed by atoms with E-state index in [1.165, 1.54) is 0 Å². The summed E-state index contributed by atoms with van der Waals surface area (Å²) >= 11 is 9.37. The molecule has 2 aromatic rings. The molecule has 0 atom stereocenters. The highest BCUT2D eigenvalue weighted by Crippen LogP contribution is 2.31. The van der Waals surface area contributed by atoms with Gasteiger partial charge in [0.25, 0.3) is 5.91 Å². The second-order valence-corrected chi connectivity index (χ2v) is 6.54. The minimum Gasteiger partial charge on any atom is -0.320 e. The van der Waals surface area contributed by atoms with E-state index < -0.39 is 5.91 Å². The van der Waals surface area contributed by atoms with Gasteiger partial charge in [-0.1, -0.05) is 39.7 Å². The summed E-state index contributed by atoms with van der Waals surface area (Å²) in [5.74, 6) is -0.975. The van der Waals surface area contributed by atoms with Crippen molar-refractivity contribution in [1.82, 2.24) is 0 Å². The molecule has 1 saturated heterocycles. The first kappa shape index (κ1) is 16.7. The normalized spacial score (nSPS) is 14.2. The average molecular weight is 408 g/mol. The summed E-state index contributed by atoms with van der Waals surface area (Å²) in [6.07, 6.45) is 0.358. The van der Waals surface area contributed by atoms with E-state index in [1.807, 2.05) is 0 Å². The van der Waals surface area contributed by atoms with Gasteiger partial charge >= 0.3 is 0 Å². The first-order valence-corrected chi connectivity index (χ1v) is 8.35. The summed E-state index contributed by atoms with van der Waals surface area (Å²) < 4.78 is 0.718. The van der Waals surface area contributed by atoms with Gasteiger partial charge in [-0.25, -0.2) is 4.90 Å². The van der Waals surface area contributed by atoms with Crippen molar-refractivity contribution in [3.05, 3.63) is 57.5 Å². The van der Waals surface area contributed by atoms with Crippen molar-refractivity contribution in [3.63, 3.8) is 0 Å². The molecule has 0 aliphatic carbocycles. The Morgan fingerprint density at radius 1 is 1.08 bits per heavy atom. The number of benzene rings is 2. The number of carbonyl (C=O) groups is 3. The fourth-order valence-electron chi connectivity index (χ4n) is 2.48. The summed E-state index contributed by atoms with van der Waals surface area (Å²) in [7, 11) is 0. The van der Waals surface area contributed by atoms with E-state index in [-0.39, 0.29) is 24.7 Å². The fraction of sp³-hybridized carbons (Fsp3) is 0.118. The molecule has 0 saturated carbocycles. The van der Waals surface area contributed by atoms with Crippen LogP contribution >= 0.6 is 27.5 Å². The van der Waals surface area contributed by atoms with Crippen LogP contribution in [-0.4, -0.2) is 17.7 Å². The van der Waals surface area contributed by atoms with Crippen molar-refractivity contribution in [3.8, 4) is 0 Å². The lowest BCUT2D eigenvalue weighted by molar-refractivity contribution is -0.121. The molecule has 5 nitrogen and oxygen atoms in total. The third-order valence-electron chi connectivity index (χ3n) is 3.62. The number of hydrogen-bond donors (Lipinski definition) is 1. The van der Waals surface area contributed by atoms with Crippen molar-refractivity contribution in [2.24, 2.45) is 0 Å². The van der Waals surface area contributed by atoms with E-state index in [9.17, 15) is 14.4 Å². The maximum Gasteiger partial charge on any atom is 0.257 e. The molecular formula is C17H12BrClN2O3. The topological polar surface area (TPSA) is 66.5 Å². The molecule has 0 radical (unpaired) electrons. The molecule has 0 spiro atoms. The zero-order chi connectivity index (χ0) is 17.3. The van der Waals surface area contributed by atoms with Crippen LogP contribution in [0.3, 0.4) is 0 Å². The Kier molecular flexibility index (Phi) is 4.69. The highest BCUT2D eigenvalue weighted by Gasteiger charge is 2.32. The molecule has 7 heteroatoms. The second-order valence-electron chi connectivity index (χ2n) is 5.22. The number of rotatable bonds is 3. The van der Waals surface area contributed by atoms with Crippen LogP contribution in [0, 0.1) is 0 Å². The van der Waals surface area contributed by atoms with Crippen LogP contribution in [0.1, 0.15) is 23.2 Å². The van der Waals surface area contributed by atoms with Crippen LogP contribution in [-0.2, 0) is 9.59 Å². The average Bonchev–Trinajstić information content (AvgIpc) is 2.89. The van der Waals surface area contributed by atoms with Crippen molar-refractivity contribution in [2.75, 3.05) is 10.2 Å². The van der Waals surface area contributed by atoms with Crippen LogP contribution in [0.2, 0.25) is 5.02 Å². The highest BCUT2D eigenvalue weighted by molar-refractivity contribution is 9.10. The molecule has 1 aliphatic heterocycles. The van der Waals surface area contributed by atoms with Gasteiger partial charge in [0, 0.05) is 17.3 Å². The Morgan fingerprint density at radius 2 is 1.75 bits per heavy atom. The summed E-state index contributed by atoms with van der Waals surface area (Å²) in [5.41, 5.74) is 1.03. The van der Waals surface area contributed by atoms with Gasteiger partial charge in [0.05, 0.1) is 22.0 Å². The third-order valence-corrected chi connectivity index (χ3v) is 4.44. The van der Waals surface area contributed by atoms with Gasteiger partial charge in [0.15, 0.2) is 0 Å². The van der Waals surface area contributed by atoms with Crippen molar-refractivity contribution in [2.45, 2.75) is 12.8 Å². The molecule has 0 unspecified atom stereocenters. The monoisotopic (exact) mass is 406 g/mol. The Morgan fingerprint density at radius 3 is 2.46 bits per heavy atom. The Bertz CT molecular complexity index is 837. The van der Waals surface area contributed by atoms with Crippen LogP contribution < -0.4 is 10.2 Å². The number of imide groups is 1. The van der Waals surface area contributed by atoms with Crippen LogP contribution in [0.4, 0.5) is 11.4 Å². The lowest BCUT2D eigenvalue weighted by Gasteiger charge is -2.18.